The molecule has 1 unspecified atom stereocenters. The van der Waals surface area contributed by atoms with Crippen LogP contribution in [0.2, 0.25) is 0 Å². The van der Waals surface area contributed by atoms with E-state index in [-0.39, 0.29) is 11.2 Å². The van der Waals surface area contributed by atoms with Gasteiger partial charge >= 0.3 is 0 Å². The molecule has 56 valence electrons. The molecule has 1 atom stereocenters. The van der Waals surface area contributed by atoms with Crippen molar-refractivity contribution in [3.8, 4) is 0 Å². The zero-order valence-electron chi connectivity index (χ0n) is 5.70. The Morgan fingerprint density at radius 2 is 2.50 bits per heavy atom. The lowest BCUT2D eigenvalue weighted by Gasteiger charge is -2.06. The fraction of sp³-hybridized carbons (Fsp3) is 0.500. The first-order valence-corrected chi connectivity index (χ1v) is 4.59. The Morgan fingerprint density at radius 1 is 1.90 bits per heavy atom. The number of hydrogen-bond donors (Lipinski definition) is 1. The minimum Gasteiger partial charge on any atom is -0.272 e. The van der Waals surface area contributed by atoms with E-state index in [2.05, 4.69) is 19.4 Å². The highest BCUT2D eigenvalue weighted by Gasteiger charge is 2.31. The molecule has 1 saturated heterocycles. The number of amides is 1. The molecule has 1 aliphatic heterocycles. The molecule has 2 nitrogen and oxygen atoms in total. The average molecular weight is 175 g/mol. The Bertz CT molecular complexity index is 181. The third kappa shape index (κ3) is 1.18. The summed E-state index contributed by atoms with van der Waals surface area (Å²) in [5.74, 6) is 0.0563. The summed E-state index contributed by atoms with van der Waals surface area (Å²) < 4.78 is 1.33. The van der Waals surface area contributed by atoms with Gasteiger partial charge in [0, 0.05) is 12.1 Å². The molecule has 4 heteroatoms. The summed E-state index contributed by atoms with van der Waals surface area (Å²) in [6, 6.07) is 0. The van der Waals surface area contributed by atoms with Crippen molar-refractivity contribution in [2.75, 3.05) is 6.26 Å². The predicted octanol–water partition coefficient (Wildman–Crippen LogP) is 1.31. The van der Waals surface area contributed by atoms with Crippen LogP contribution in [-0.2, 0) is 4.79 Å². The van der Waals surface area contributed by atoms with Crippen LogP contribution < -0.4 is 0 Å². The quantitative estimate of drug-likeness (QED) is 0.606. The van der Waals surface area contributed by atoms with Crippen LogP contribution in [-0.4, -0.2) is 21.7 Å². The van der Waals surface area contributed by atoms with E-state index in [1.807, 2.05) is 6.26 Å². The van der Waals surface area contributed by atoms with Gasteiger partial charge in [0.15, 0.2) is 0 Å². The average Bonchev–Trinajstić information content (AvgIpc) is 2.17. The second kappa shape index (κ2) is 2.88. The smallest absolute Gasteiger partial charge is 0.250 e. The fourth-order valence-corrected chi connectivity index (χ4v) is 1.83. The molecule has 0 aromatic heterocycles. The number of hydrogen-bond acceptors (Lipinski definition) is 3. The van der Waals surface area contributed by atoms with Crippen LogP contribution >= 0.6 is 24.6 Å². The predicted molar refractivity (Wildman–Crippen MR) is 46.9 cm³/mol. The van der Waals surface area contributed by atoms with Crippen molar-refractivity contribution in [3.63, 3.8) is 0 Å². The summed E-state index contributed by atoms with van der Waals surface area (Å²) in [5.41, 5.74) is 0.799. The molecular formula is C6H9NOS2. The zero-order valence-corrected chi connectivity index (χ0v) is 7.41. The van der Waals surface area contributed by atoms with Crippen molar-refractivity contribution in [2.45, 2.75) is 11.7 Å². The second-order valence-corrected chi connectivity index (χ2v) is 3.59. The van der Waals surface area contributed by atoms with Crippen molar-refractivity contribution in [1.29, 1.82) is 0 Å². The van der Waals surface area contributed by atoms with Crippen molar-refractivity contribution in [3.05, 3.63) is 12.3 Å². The van der Waals surface area contributed by atoms with Crippen LogP contribution in [0.1, 0.15) is 6.42 Å². The van der Waals surface area contributed by atoms with E-state index >= 15 is 0 Å². The number of thiol groups is 1. The minimum absolute atomic E-state index is 0.0463. The summed E-state index contributed by atoms with van der Waals surface area (Å²) >= 11 is 5.51. The van der Waals surface area contributed by atoms with Gasteiger partial charge in [-0.2, -0.15) is 11.8 Å². The lowest BCUT2D eigenvalue weighted by atomic mass is 10.3. The maximum atomic E-state index is 11.1. The number of allylic oxidation sites excluding steroid dienone is 1. The molecule has 1 aliphatic rings. The molecular weight excluding hydrogens is 166 g/mol. The second-order valence-electron chi connectivity index (χ2n) is 2.14. The SMILES string of the molecule is C=C1CC(SC)C(=O)N1S. The first-order valence-electron chi connectivity index (χ1n) is 2.90. The molecule has 0 saturated carbocycles. The molecule has 1 fully saturated rings. The van der Waals surface area contributed by atoms with E-state index in [0.29, 0.717) is 0 Å². The summed E-state index contributed by atoms with van der Waals surface area (Å²) in [7, 11) is 0. The van der Waals surface area contributed by atoms with Crippen molar-refractivity contribution in [1.82, 2.24) is 4.31 Å². The monoisotopic (exact) mass is 175 g/mol. The van der Waals surface area contributed by atoms with Crippen LogP contribution in [0.25, 0.3) is 0 Å². The molecule has 0 aromatic carbocycles. The number of nitrogens with zero attached hydrogens (tertiary/aromatic N) is 1. The maximum Gasteiger partial charge on any atom is 0.250 e. The van der Waals surface area contributed by atoms with E-state index in [4.69, 9.17) is 0 Å². The molecule has 1 heterocycles. The standard InChI is InChI=1S/C6H9NOS2/c1-4-3-5(10-2)6(8)7(4)9/h5,9H,1,3H2,2H3. The minimum atomic E-state index is 0.0463. The van der Waals surface area contributed by atoms with Crippen molar-refractivity contribution < 1.29 is 4.79 Å². The Labute approximate surface area is 70.2 Å². The molecule has 0 N–H and O–H groups in total. The normalized spacial score (nSPS) is 26.2. The highest BCUT2D eigenvalue weighted by atomic mass is 32.2. The number of thioether (sulfide) groups is 1. The van der Waals surface area contributed by atoms with Gasteiger partial charge in [0.2, 0.25) is 5.91 Å². The van der Waals surface area contributed by atoms with Crippen LogP contribution in [0.5, 0.6) is 0 Å². The molecule has 0 aromatic rings. The Morgan fingerprint density at radius 3 is 2.70 bits per heavy atom. The Kier molecular flexibility index (Phi) is 2.31. The summed E-state index contributed by atoms with van der Waals surface area (Å²) in [4.78, 5) is 11.1. The van der Waals surface area contributed by atoms with Gasteiger partial charge in [0.05, 0.1) is 5.25 Å². The molecule has 1 rings (SSSR count). The number of carbonyl (C=O) groups excluding carboxylic acids is 1. The van der Waals surface area contributed by atoms with E-state index in [0.717, 1.165) is 12.1 Å². The van der Waals surface area contributed by atoms with Gasteiger partial charge in [0.1, 0.15) is 0 Å². The Balaban J connectivity index is 2.71. The van der Waals surface area contributed by atoms with E-state index < -0.39 is 0 Å². The van der Waals surface area contributed by atoms with Crippen LogP contribution in [0, 0.1) is 0 Å². The van der Waals surface area contributed by atoms with Gasteiger partial charge < -0.3 is 0 Å². The van der Waals surface area contributed by atoms with E-state index in [1.165, 1.54) is 4.31 Å². The first-order chi connectivity index (χ1) is 4.66. The lowest BCUT2D eigenvalue weighted by molar-refractivity contribution is -0.122. The van der Waals surface area contributed by atoms with Gasteiger partial charge in [0.25, 0.3) is 0 Å². The maximum absolute atomic E-state index is 11.1. The topological polar surface area (TPSA) is 20.3 Å². The van der Waals surface area contributed by atoms with Gasteiger partial charge in [-0.15, -0.1) is 0 Å². The van der Waals surface area contributed by atoms with Crippen LogP contribution in [0.4, 0.5) is 0 Å². The highest BCUT2D eigenvalue weighted by molar-refractivity contribution is 8.00. The van der Waals surface area contributed by atoms with Crippen molar-refractivity contribution >= 4 is 30.5 Å². The third-order valence-corrected chi connectivity index (χ3v) is 2.91. The molecule has 10 heavy (non-hydrogen) atoms. The lowest BCUT2D eigenvalue weighted by Crippen LogP contribution is -2.18. The largest absolute Gasteiger partial charge is 0.272 e. The summed E-state index contributed by atoms with van der Waals surface area (Å²) in [6.45, 7) is 3.70. The van der Waals surface area contributed by atoms with Crippen LogP contribution in [0.15, 0.2) is 12.3 Å². The van der Waals surface area contributed by atoms with Gasteiger partial charge in [-0.05, 0) is 6.26 Å². The number of rotatable bonds is 1. The van der Waals surface area contributed by atoms with E-state index in [1.54, 1.807) is 11.8 Å². The molecule has 0 bridgehead atoms. The summed E-state index contributed by atoms with van der Waals surface area (Å²) in [5, 5.41) is 0.0463. The third-order valence-electron chi connectivity index (χ3n) is 1.49. The van der Waals surface area contributed by atoms with Gasteiger partial charge in [-0.25, -0.2) is 0 Å². The van der Waals surface area contributed by atoms with Gasteiger partial charge in [-0.3, -0.25) is 9.10 Å². The highest BCUT2D eigenvalue weighted by Crippen LogP contribution is 2.29. The molecule has 0 spiro atoms. The van der Waals surface area contributed by atoms with E-state index in [9.17, 15) is 4.79 Å². The number of carbonyl (C=O) groups is 1. The zero-order chi connectivity index (χ0) is 7.72. The van der Waals surface area contributed by atoms with Crippen LogP contribution in [0.3, 0.4) is 0 Å². The molecule has 0 radical (unpaired) electrons. The Hall–Kier alpha value is -0.0900. The first kappa shape index (κ1) is 8.01. The fourth-order valence-electron chi connectivity index (χ4n) is 0.864. The van der Waals surface area contributed by atoms with Crippen molar-refractivity contribution in [2.24, 2.45) is 0 Å². The summed E-state index contributed by atoms with van der Waals surface area (Å²) in [6.07, 6.45) is 2.66. The molecule has 1 amide bonds. The van der Waals surface area contributed by atoms with Gasteiger partial charge in [-0.1, -0.05) is 19.4 Å². The molecule has 0 aliphatic carbocycles.